The van der Waals surface area contributed by atoms with Crippen LogP contribution in [0.1, 0.15) is 0 Å². The molecule has 2 N–H and O–H groups in total. The number of hydrogen-bond donors (Lipinski definition) is 1. The number of aromatic nitrogens is 4. The van der Waals surface area contributed by atoms with Crippen LogP contribution < -0.4 is 10.5 Å². The number of thioether (sulfide) groups is 1. The first-order chi connectivity index (χ1) is 9.29. The number of tetrazole rings is 1. The van der Waals surface area contributed by atoms with Crippen molar-refractivity contribution in [3.05, 3.63) is 28.7 Å². The Bertz CT molecular complexity index is 521. The lowest BCUT2D eigenvalue weighted by molar-refractivity contribution is 0.343. The van der Waals surface area contributed by atoms with Gasteiger partial charge in [0.2, 0.25) is 5.16 Å². The molecule has 0 atom stereocenters. The van der Waals surface area contributed by atoms with Gasteiger partial charge in [-0.15, -0.1) is 5.10 Å². The molecule has 0 radical (unpaired) electrons. The molecule has 19 heavy (non-hydrogen) atoms. The summed E-state index contributed by atoms with van der Waals surface area (Å²) in [7, 11) is 0. The Morgan fingerprint density at radius 1 is 1.42 bits per heavy atom. The quantitative estimate of drug-likeness (QED) is 0.607. The summed E-state index contributed by atoms with van der Waals surface area (Å²) in [5, 5.41) is 12.2. The van der Waals surface area contributed by atoms with Crippen molar-refractivity contribution in [3.63, 3.8) is 0 Å². The van der Waals surface area contributed by atoms with Crippen molar-refractivity contribution >= 4 is 27.7 Å². The first-order valence-electron chi connectivity index (χ1n) is 5.77. The maximum absolute atomic E-state index is 5.63. The Kier molecular flexibility index (Phi) is 5.62. The van der Waals surface area contributed by atoms with E-state index in [1.54, 1.807) is 16.4 Å². The van der Waals surface area contributed by atoms with Gasteiger partial charge in [0.15, 0.2) is 0 Å². The Hall–Kier alpha value is -1.12. The molecule has 2 rings (SSSR count). The Morgan fingerprint density at radius 2 is 2.32 bits per heavy atom. The Labute approximate surface area is 123 Å². The fourth-order valence-corrected chi connectivity index (χ4v) is 2.51. The summed E-state index contributed by atoms with van der Waals surface area (Å²) in [5.74, 6) is 1.62. The van der Waals surface area contributed by atoms with Gasteiger partial charge in [0.25, 0.3) is 0 Å². The lowest BCUT2D eigenvalue weighted by atomic mass is 10.3. The average molecular weight is 344 g/mol. The van der Waals surface area contributed by atoms with Crippen LogP contribution >= 0.6 is 27.7 Å². The van der Waals surface area contributed by atoms with Gasteiger partial charge < -0.3 is 10.5 Å². The molecule has 0 saturated carbocycles. The molecule has 0 aliphatic heterocycles. The van der Waals surface area contributed by atoms with Gasteiger partial charge in [-0.05, 0) is 28.6 Å². The van der Waals surface area contributed by atoms with E-state index in [0.717, 1.165) is 21.1 Å². The molecule has 0 spiro atoms. The highest BCUT2D eigenvalue weighted by Gasteiger charge is 2.05. The van der Waals surface area contributed by atoms with Gasteiger partial charge in [-0.2, -0.15) is 0 Å². The van der Waals surface area contributed by atoms with E-state index in [2.05, 4.69) is 31.5 Å². The van der Waals surface area contributed by atoms with Gasteiger partial charge in [0.05, 0.1) is 13.2 Å². The van der Waals surface area contributed by atoms with Crippen molar-refractivity contribution in [2.45, 2.75) is 11.7 Å². The van der Waals surface area contributed by atoms with Crippen LogP contribution in [0.5, 0.6) is 5.75 Å². The first-order valence-corrected chi connectivity index (χ1v) is 7.55. The van der Waals surface area contributed by atoms with Crippen LogP contribution in [0, 0.1) is 0 Å². The molecule has 1 aromatic carbocycles. The van der Waals surface area contributed by atoms with Crippen molar-refractivity contribution in [3.8, 4) is 5.75 Å². The van der Waals surface area contributed by atoms with E-state index in [1.807, 2.05) is 24.3 Å². The lowest BCUT2D eigenvalue weighted by Gasteiger charge is -2.06. The molecular formula is C11H14BrN5OS. The van der Waals surface area contributed by atoms with Crippen molar-refractivity contribution in [2.24, 2.45) is 5.73 Å². The predicted molar refractivity (Wildman–Crippen MR) is 77.2 cm³/mol. The van der Waals surface area contributed by atoms with Gasteiger partial charge in [0, 0.05) is 16.8 Å². The van der Waals surface area contributed by atoms with E-state index in [4.69, 9.17) is 10.5 Å². The zero-order valence-electron chi connectivity index (χ0n) is 10.2. The number of rotatable bonds is 7. The van der Waals surface area contributed by atoms with Crippen molar-refractivity contribution in [1.82, 2.24) is 20.2 Å². The van der Waals surface area contributed by atoms with E-state index >= 15 is 0 Å². The van der Waals surface area contributed by atoms with E-state index in [1.165, 1.54) is 0 Å². The third kappa shape index (κ3) is 4.48. The molecule has 0 saturated heterocycles. The molecule has 1 heterocycles. The van der Waals surface area contributed by atoms with E-state index in [-0.39, 0.29) is 0 Å². The minimum absolute atomic E-state index is 0.521. The second-order valence-electron chi connectivity index (χ2n) is 3.63. The van der Waals surface area contributed by atoms with Gasteiger partial charge in [-0.1, -0.05) is 33.8 Å². The molecule has 0 fully saturated rings. The summed E-state index contributed by atoms with van der Waals surface area (Å²) >= 11 is 4.95. The fourth-order valence-electron chi connectivity index (χ4n) is 1.41. The second-order valence-corrected chi connectivity index (χ2v) is 5.61. The zero-order valence-corrected chi connectivity index (χ0v) is 12.6. The molecule has 0 amide bonds. The Balaban J connectivity index is 1.76. The summed E-state index contributed by atoms with van der Waals surface area (Å²) in [6.07, 6.45) is 0. The van der Waals surface area contributed by atoms with Crippen LogP contribution in [0.25, 0.3) is 0 Å². The Morgan fingerprint density at radius 3 is 3.11 bits per heavy atom. The summed E-state index contributed by atoms with van der Waals surface area (Å²) in [5.41, 5.74) is 5.48. The molecule has 0 bridgehead atoms. The minimum Gasteiger partial charge on any atom is -0.493 e. The molecule has 102 valence electrons. The number of nitrogens with zero attached hydrogens (tertiary/aromatic N) is 4. The average Bonchev–Trinajstić information content (AvgIpc) is 2.83. The zero-order chi connectivity index (χ0) is 13.5. The molecule has 0 unspecified atom stereocenters. The summed E-state index contributed by atoms with van der Waals surface area (Å²) in [6, 6.07) is 7.76. The molecule has 2 aromatic rings. The first kappa shape index (κ1) is 14.3. The van der Waals surface area contributed by atoms with Gasteiger partial charge >= 0.3 is 0 Å². The van der Waals surface area contributed by atoms with Gasteiger partial charge in [-0.3, -0.25) is 0 Å². The smallest absolute Gasteiger partial charge is 0.209 e. The largest absolute Gasteiger partial charge is 0.493 e. The van der Waals surface area contributed by atoms with Crippen LogP contribution in [0.15, 0.2) is 33.9 Å². The summed E-state index contributed by atoms with van der Waals surface area (Å²) in [6.45, 7) is 1.74. The topological polar surface area (TPSA) is 78.9 Å². The van der Waals surface area contributed by atoms with E-state index in [0.29, 0.717) is 19.7 Å². The van der Waals surface area contributed by atoms with E-state index in [9.17, 15) is 0 Å². The number of ether oxygens (including phenoxy) is 1. The van der Waals surface area contributed by atoms with Crippen molar-refractivity contribution in [1.29, 1.82) is 0 Å². The number of hydrogen-bond acceptors (Lipinski definition) is 6. The van der Waals surface area contributed by atoms with Crippen LogP contribution in [0.3, 0.4) is 0 Å². The third-order valence-electron chi connectivity index (χ3n) is 2.22. The molecular weight excluding hydrogens is 330 g/mol. The van der Waals surface area contributed by atoms with Crippen LogP contribution in [-0.2, 0) is 6.54 Å². The number of halogens is 1. The summed E-state index contributed by atoms with van der Waals surface area (Å²) in [4.78, 5) is 0. The third-order valence-corrected chi connectivity index (χ3v) is 3.63. The van der Waals surface area contributed by atoms with Crippen LogP contribution in [0.2, 0.25) is 0 Å². The highest BCUT2D eigenvalue weighted by molar-refractivity contribution is 9.10. The molecule has 8 heteroatoms. The lowest BCUT2D eigenvalue weighted by Crippen LogP contribution is -2.12. The maximum Gasteiger partial charge on any atom is 0.209 e. The SMILES string of the molecule is NCCn1nnnc1SCCOc1cccc(Br)c1. The molecule has 1 aromatic heterocycles. The van der Waals surface area contributed by atoms with E-state index < -0.39 is 0 Å². The maximum atomic E-state index is 5.63. The standard InChI is InChI=1S/C11H14BrN5OS/c12-9-2-1-3-10(8-9)18-6-7-19-11-14-15-16-17(11)5-4-13/h1-3,8H,4-7,13H2. The predicted octanol–water partition coefficient (Wildman–Crippen LogP) is 1.57. The fraction of sp³-hybridized carbons (Fsp3) is 0.364. The molecule has 0 aliphatic rings. The monoisotopic (exact) mass is 343 g/mol. The van der Waals surface area contributed by atoms with Crippen molar-refractivity contribution in [2.75, 3.05) is 18.9 Å². The normalized spacial score (nSPS) is 10.6. The van der Waals surface area contributed by atoms with Gasteiger partial charge in [0.1, 0.15) is 5.75 Å². The highest BCUT2D eigenvalue weighted by Crippen LogP contribution is 2.19. The van der Waals surface area contributed by atoms with Crippen LogP contribution in [0.4, 0.5) is 0 Å². The summed E-state index contributed by atoms with van der Waals surface area (Å²) < 4.78 is 8.33. The second kappa shape index (κ2) is 7.46. The number of benzene rings is 1. The number of nitrogens with two attached hydrogens (primary N) is 1. The van der Waals surface area contributed by atoms with Gasteiger partial charge in [-0.25, -0.2) is 4.68 Å². The highest BCUT2D eigenvalue weighted by atomic mass is 79.9. The van der Waals surface area contributed by atoms with Crippen molar-refractivity contribution < 1.29 is 4.74 Å². The molecule has 0 aliphatic carbocycles. The molecule has 6 nitrogen and oxygen atoms in total. The minimum atomic E-state index is 0.521. The van der Waals surface area contributed by atoms with Crippen LogP contribution in [-0.4, -0.2) is 39.1 Å².